The van der Waals surface area contributed by atoms with E-state index in [0.717, 1.165) is 89.9 Å². The lowest BCUT2D eigenvalue weighted by Gasteiger charge is -2.19. The average Bonchev–Trinajstić information content (AvgIpc) is 3.14. The van der Waals surface area contributed by atoms with Gasteiger partial charge in [0.25, 0.3) is 0 Å². The predicted octanol–water partition coefficient (Wildman–Crippen LogP) is 11.0. The zero-order valence-electron chi connectivity index (χ0n) is 34.1. The molecule has 52 heavy (non-hydrogen) atoms. The molecule has 1 N–H and O–H groups in total. The highest BCUT2D eigenvalue weighted by atomic mass is 16.7. The molecule has 0 bridgehead atoms. The van der Waals surface area contributed by atoms with Crippen molar-refractivity contribution in [1.29, 1.82) is 0 Å². The summed E-state index contributed by atoms with van der Waals surface area (Å²) in [5.41, 5.74) is 0. The Morgan fingerprint density at radius 3 is 1.19 bits per heavy atom. The lowest BCUT2D eigenvalue weighted by atomic mass is 10.1. The highest BCUT2D eigenvalue weighted by Crippen LogP contribution is 2.14. The van der Waals surface area contributed by atoms with Gasteiger partial charge >= 0.3 is 17.9 Å². The van der Waals surface area contributed by atoms with Gasteiger partial charge in [-0.15, -0.1) is 0 Å². The molecule has 0 amide bonds. The van der Waals surface area contributed by atoms with Crippen LogP contribution < -0.4 is 0 Å². The largest absolute Gasteiger partial charge is 0.466 e. The molecule has 0 aromatic carbocycles. The summed E-state index contributed by atoms with van der Waals surface area (Å²) in [6.45, 7) is 8.24. The highest BCUT2D eigenvalue weighted by molar-refractivity contribution is 5.70. The molecule has 0 aliphatic heterocycles. The third kappa shape index (κ3) is 36.6. The van der Waals surface area contributed by atoms with E-state index in [1.807, 2.05) is 0 Å². The molecule has 9 heteroatoms. The van der Waals surface area contributed by atoms with Gasteiger partial charge in [-0.2, -0.15) is 0 Å². The maximum Gasteiger partial charge on any atom is 0.305 e. The van der Waals surface area contributed by atoms with Crippen LogP contribution in [0.2, 0.25) is 0 Å². The monoisotopic (exact) mass is 743 g/mol. The van der Waals surface area contributed by atoms with Crippen molar-refractivity contribution in [2.45, 2.75) is 213 Å². The Kier molecular flexibility index (Phi) is 39.1. The van der Waals surface area contributed by atoms with E-state index in [0.29, 0.717) is 39.1 Å². The first kappa shape index (κ1) is 50.3. The zero-order valence-corrected chi connectivity index (χ0v) is 34.1. The van der Waals surface area contributed by atoms with Gasteiger partial charge in [-0.3, -0.25) is 14.4 Å². The van der Waals surface area contributed by atoms with Gasteiger partial charge in [-0.1, -0.05) is 149 Å². The number of carbonyl (C=O) groups excluding carboxylic acids is 3. The van der Waals surface area contributed by atoms with Crippen LogP contribution in [-0.4, -0.2) is 68.9 Å². The number of unbranched alkanes of at least 4 members (excludes halogenated alkanes) is 21. The van der Waals surface area contributed by atoms with Gasteiger partial charge in [0.15, 0.2) is 6.29 Å². The van der Waals surface area contributed by atoms with Crippen molar-refractivity contribution < 1.29 is 43.2 Å². The third-order valence-electron chi connectivity index (χ3n) is 9.43. The molecular weight excluding hydrogens is 660 g/mol. The van der Waals surface area contributed by atoms with Crippen LogP contribution >= 0.6 is 0 Å². The normalized spacial score (nSPS) is 11.9. The average molecular weight is 743 g/mol. The molecule has 0 aromatic rings. The van der Waals surface area contributed by atoms with E-state index in [1.54, 1.807) is 0 Å². The van der Waals surface area contributed by atoms with E-state index in [4.69, 9.17) is 23.7 Å². The second kappa shape index (κ2) is 40.5. The second-order valence-electron chi connectivity index (χ2n) is 14.6. The number of carbonyl (C=O) groups is 3. The molecule has 0 aliphatic carbocycles. The van der Waals surface area contributed by atoms with Crippen molar-refractivity contribution in [1.82, 2.24) is 0 Å². The molecule has 308 valence electrons. The first-order valence-corrected chi connectivity index (χ1v) is 21.8. The molecule has 9 nitrogen and oxygen atoms in total. The van der Waals surface area contributed by atoms with Gasteiger partial charge in [-0.05, 0) is 32.1 Å². The third-order valence-corrected chi connectivity index (χ3v) is 9.43. The Morgan fingerprint density at radius 1 is 0.423 bits per heavy atom. The molecule has 1 atom stereocenters. The summed E-state index contributed by atoms with van der Waals surface area (Å²) >= 11 is 0. The van der Waals surface area contributed by atoms with E-state index in [2.05, 4.69) is 20.8 Å². The van der Waals surface area contributed by atoms with Crippen molar-refractivity contribution >= 4 is 17.9 Å². The number of aliphatic hydroxyl groups is 1. The van der Waals surface area contributed by atoms with Gasteiger partial charge in [-0.25, -0.2) is 0 Å². The summed E-state index contributed by atoms with van der Waals surface area (Å²) in [5.74, 6) is -1.17. The molecule has 0 rings (SSSR count). The molecule has 0 radical (unpaired) electrons. The Balaban J connectivity index is 4.03. The molecule has 0 fully saturated rings. The number of esters is 3. The van der Waals surface area contributed by atoms with Crippen LogP contribution in [-0.2, 0) is 38.1 Å². The minimum atomic E-state index is -0.450. The van der Waals surface area contributed by atoms with Gasteiger partial charge in [0.1, 0.15) is 0 Å². The molecule has 0 heterocycles. The number of hydrogen-bond acceptors (Lipinski definition) is 9. The van der Waals surface area contributed by atoms with E-state index in [9.17, 15) is 19.5 Å². The van der Waals surface area contributed by atoms with Gasteiger partial charge in [0.05, 0.1) is 38.8 Å². The van der Waals surface area contributed by atoms with Crippen molar-refractivity contribution in [3.63, 3.8) is 0 Å². The maximum absolute atomic E-state index is 12.5. The minimum Gasteiger partial charge on any atom is -0.466 e. The van der Waals surface area contributed by atoms with Crippen LogP contribution in [0.4, 0.5) is 0 Å². The van der Waals surface area contributed by atoms with Crippen LogP contribution in [0.1, 0.15) is 207 Å². The summed E-state index contributed by atoms with van der Waals surface area (Å²) in [5, 5.41) is 9.75. The SMILES string of the molecule is CCCCCCCCOC(CCC(=O)OCC(CO)COC(=O)CCCCCCCCCCC(=O)OCCCCCCC)OCCCCCCCC. The van der Waals surface area contributed by atoms with Crippen molar-refractivity contribution in [2.75, 3.05) is 39.6 Å². The van der Waals surface area contributed by atoms with Gasteiger partial charge < -0.3 is 28.8 Å². The summed E-state index contributed by atoms with van der Waals surface area (Å²) in [6.07, 6.45) is 29.2. The predicted molar refractivity (Wildman–Crippen MR) is 210 cm³/mol. The topological polar surface area (TPSA) is 118 Å². The first-order valence-electron chi connectivity index (χ1n) is 21.8. The van der Waals surface area contributed by atoms with Crippen molar-refractivity contribution in [3.8, 4) is 0 Å². The first-order chi connectivity index (χ1) is 25.5. The lowest BCUT2D eigenvalue weighted by molar-refractivity contribution is -0.161. The summed E-state index contributed by atoms with van der Waals surface area (Å²) < 4.78 is 28.1. The Hall–Kier alpha value is -1.71. The van der Waals surface area contributed by atoms with Crippen LogP contribution in [0.15, 0.2) is 0 Å². The zero-order chi connectivity index (χ0) is 38.2. The number of hydrogen-bond donors (Lipinski definition) is 1. The summed E-state index contributed by atoms with van der Waals surface area (Å²) in [7, 11) is 0. The molecule has 0 spiro atoms. The maximum atomic E-state index is 12.5. The quantitative estimate of drug-likeness (QED) is 0.0283. The van der Waals surface area contributed by atoms with Crippen LogP contribution in [0, 0.1) is 5.92 Å². The molecule has 0 saturated carbocycles. The summed E-state index contributed by atoms with van der Waals surface area (Å²) in [6, 6.07) is 0. The van der Waals surface area contributed by atoms with Crippen LogP contribution in [0.25, 0.3) is 0 Å². The smallest absolute Gasteiger partial charge is 0.305 e. The van der Waals surface area contributed by atoms with Gasteiger partial charge in [0, 0.05) is 32.5 Å². The molecular formula is C43H82O9. The van der Waals surface area contributed by atoms with Crippen molar-refractivity contribution in [2.24, 2.45) is 5.92 Å². The van der Waals surface area contributed by atoms with Crippen LogP contribution in [0.3, 0.4) is 0 Å². The molecule has 0 saturated heterocycles. The van der Waals surface area contributed by atoms with Crippen molar-refractivity contribution in [3.05, 3.63) is 0 Å². The highest BCUT2D eigenvalue weighted by Gasteiger charge is 2.17. The van der Waals surface area contributed by atoms with E-state index < -0.39 is 12.2 Å². The molecule has 0 aliphatic rings. The van der Waals surface area contributed by atoms with E-state index >= 15 is 0 Å². The van der Waals surface area contributed by atoms with Crippen LogP contribution in [0.5, 0.6) is 0 Å². The van der Waals surface area contributed by atoms with Gasteiger partial charge in [0.2, 0.25) is 0 Å². The lowest BCUT2D eigenvalue weighted by Crippen LogP contribution is -2.25. The minimum absolute atomic E-state index is 0.00479. The number of rotatable bonds is 41. The van der Waals surface area contributed by atoms with E-state index in [1.165, 1.54) is 70.6 Å². The fraction of sp³-hybridized carbons (Fsp3) is 0.930. The Morgan fingerprint density at radius 2 is 0.769 bits per heavy atom. The molecule has 1 unspecified atom stereocenters. The number of ether oxygens (including phenoxy) is 5. The fourth-order valence-electron chi connectivity index (χ4n) is 5.93. The van der Waals surface area contributed by atoms with E-state index in [-0.39, 0.29) is 44.1 Å². The number of aliphatic hydroxyl groups excluding tert-OH is 1. The Bertz CT molecular complexity index is 773. The fourth-order valence-corrected chi connectivity index (χ4v) is 5.93. The standard InChI is InChI=1S/C43H82O9/c1-4-7-10-13-22-27-34-49-43(50-35-28-23-14-11-8-5-2)32-31-42(47)52-38-39(36-44)37-51-41(46)30-25-20-18-16-15-17-19-24-29-40(45)48-33-26-21-12-9-6-3/h39,43-44H,4-38H2,1-3H3. The Labute approximate surface area is 319 Å². The second-order valence-corrected chi connectivity index (χ2v) is 14.6. The molecule has 0 aromatic heterocycles. The summed E-state index contributed by atoms with van der Waals surface area (Å²) in [4.78, 5) is 36.6.